The molecule has 0 aliphatic heterocycles. The van der Waals surface area contributed by atoms with Crippen LogP contribution in [-0.2, 0) is 0 Å². The minimum absolute atomic E-state index is 0.233. The zero-order chi connectivity index (χ0) is 11.5. The van der Waals surface area contributed by atoms with E-state index in [0.29, 0.717) is 17.3 Å². The third-order valence-corrected chi connectivity index (χ3v) is 2.20. The van der Waals surface area contributed by atoms with Crippen molar-refractivity contribution in [3.05, 3.63) is 35.7 Å². The summed E-state index contributed by atoms with van der Waals surface area (Å²) in [5, 5.41) is 12.7. The normalized spacial score (nSPS) is 10.4. The lowest BCUT2D eigenvalue weighted by atomic mass is 10.1. The first-order valence-corrected chi connectivity index (χ1v) is 5.05. The van der Waals surface area contributed by atoms with Gasteiger partial charge in [-0.3, -0.25) is 0 Å². The molecule has 0 bridgehead atoms. The maximum Gasteiger partial charge on any atom is 0.257 e. The van der Waals surface area contributed by atoms with E-state index in [9.17, 15) is 0 Å². The highest BCUT2D eigenvalue weighted by molar-refractivity contribution is 5.55. The van der Waals surface area contributed by atoms with Crippen LogP contribution in [-0.4, -0.2) is 10.1 Å². The summed E-state index contributed by atoms with van der Waals surface area (Å²) in [6, 6.07) is 9.19. The molecule has 4 heteroatoms. The number of hydrogen-bond donors (Lipinski definition) is 0. The fourth-order valence-electron chi connectivity index (χ4n) is 1.31. The van der Waals surface area contributed by atoms with Crippen molar-refractivity contribution < 1.29 is 4.52 Å². The van der Waals surface area contributed by atoms with E-state index in [1.165, 1.54) is 0 Å². The Hall–Kier alpha value is -2.15. The first kappa shape index (κ1) is 10.4. The largest absolute Gasteiger partial charge is 0.334 e. The van der Waals surface area contributed by atoms with Crippen LogP contribution >= 0.6 is 0 Å². The van der Waals surface area contributed by atoms with E-state index in [2.05, 4.69) is 16.2 Å². The molecule has 80 valence electrons. The minimum atomic E-state index is 0.233. The van der Waals surface area contributed by atoms with Gasteiger partial charge in [-0.05, 0) is 18.2 Å². The molecule has 1 heterocycles. The van der Waals surface area contributed by atoms with Crippen molar-refractivity contribution in [1.29, 1.82) is 5.26 Å². The summed E-state index contributed by atoms with van der Waals surface area (Å²) in [7, 11) is 0. The quantitative estimate of drug-likeness (QED) is 0.769. The van der Waals surface area contributed by atoms with Gasteiger partial charge in [-0.1, -0.05) is 25.1 Å². The summed E-state index contributed by atoms with van der Waals surface area (Å²) in [4.78, 5) is 4.27. The highest BCUT2D eigenvalue weighted by atomic mass is 16.5. The van der Waals surface area contributed by atoms with Gasteiger partial charge in [-0.25, -0.2) is 0 Å². The van der Waals surface area contributed by atoms with Crippen LogP contribution in [0.3, 0.4) is 0 Å². The minimum Gasteiger partial charge on any atom is -0.334 e. The summed E-state index contributed by atoms with van der Waals surface area (Å²) in [6.45, 7) is 4.00. The predicted molar refractivity (Wildman–Crippen MR) is 58.5 cm³/mol. The summed E-state index contributed by atoms with van der Waals surface area (Å²) >= 11 is 0. The monoisotopic (exact) mass is 213 g/mol. The highest BCUT2D eigenvalue weighted by Crippen LogP contribution is 2.20. The van der Waals surface area contributed by atoms with Crippen molar-refractivity contribution >= 4 is 0 Å². The predicted octanol–water partition coefficient (Wildman–Crippen LogP) is 2.73. The van der Waals surface area contributed by atoms with Crippen molar-refractivity contribution in [1.82, 2.24) is 10.1 Å². The molecule has 0 saturated heterocycles. The van der Waals surface area contributed by atoms with Gasteiger partial charge in [0, 0.05) is 11.5 Å². The molecule has 0 fully saturated rings. The fraction of sp³-hybridized carbons (Fsp3) is 0.250. The fourth-order valence-corrected chi connectivity index (χ4v) is 1.31. The molecule has 0 unspecified atom stereocenters. The maximum atomic E-state index is 8.79. The molecule has 0 aliphatic rings. The second kappa shape index (κ2) is 4.15. The van der Waals surface area contributed by atoms with Gasteiger partial charge < -0.3 is 4.52 Å². The molecule has 1 aromatic heterocycles. The lowest BCUT2D eigenvalue weighted by molar-refractivity contribution is 0.419. The van der Waals surface area contributed by atoms with Crippen LogP contribution in [0.4, 0.5) is 0 Å². The maximum absolute atomic E-state index is 8.79. The van der Waals surface area contributed by atoms with Gasteiger partial charge in [-0.2, -0.15) is 10.2 Å². The zero-order valence-corrected chi connectivity index (χ0v) is 9.14. The van der Waals surface area contributed by atoms with Gasteiger partial charge in [0.2, 0.25) is 0 Å². The smallest absolute Gasteiger partial charge is 0.257 e. The Balaban J connectivity index is 2.39. The van der Waals surface area contributed by atoms with Gasteiger partial charge in [0.05, 0.1) is 11.6 Å². The number of benzene rings is 1. The van der Waals surface area contributed by atoms with Crippen LogP contribution in [0.15, 0.2) is 28.8 Å². The molecule has 2 aromatic rings. The van der Waals surface area contributed by atoms with Crippen molar-refractivity contribution in [2.75, 3.05) is 0 Å². The van der Waals surface area contributed by atoms with Crippen LogP contribution in [0.1, 0.15) is 31.2 Å². The van der Waals surface area contributed by atoms with Gasteiger partial charge >= 0.3 is 0 Å². The van der Waals surface area contributed by atoms with E-state index >= 15 is 0 Å². The van der Waals surface area contributed by atoms with Crippen LogP contribution in [0, 0.1) is 11.3 Å². The second-order valence-electron chi connectivity index (χ2n) is 3.81. The van der Waals surface area contributed by atoms with Crippen molar-refractivity contribution in [3.63, 3.8) is 0 Å². The molecule has 16 heavy (non-hydrogen) atoms. The van der Waals surface area contributed by atoms with Gasteiger partial charge in [-0.15, -0.1) is 0 Å². The number of nitriles is 1. The molecular weight excluding hydrogens is 202 g/mol. The SMILES string of the molecule is CC(C)c1noc(-c2cccc(C#N)c2)n1. The molecule has 0 saturated carbocycles. The van der Waals surface area contributed by atoms with Crippen molar-refractivity contribution in [3.8, 4) is 17.5 Å². The summed E-state index contributed by atoms with van der Waals surface area (Å²) in [5.74, 6) is 1.37. The van der Waals surface area contributed by atoms with E-state index < -0.39 is 0 Å². The molecular formula is C12H11N3O. The van der Waals surface area contributed by atoms with E-state index in [4.69, 9.17) is 9.78 Å². The average Bonchev–Trinajstić information content (AvgIpc) is 2.78. The van der Waals surface area contributed by atoms with Crippen molar-refractivity contribution in [2.45, 2.75) is 19.8 Å². The number of aromatic nitrogens is 2. The van der Waals surface area contributed by atoms with Crippen LogP contribution in [0.5, 0.6) is 0 Å². The van der Waals surface area contributed by atoms with Gasteiger partial charge in [0.1, 0.15) is 0 Å². The molecule has 0 atom stereocenters. The molecule has 0 spiro atoms. The van der Waals surface area contributed by atoms with Gasteiger partial charge in [0.15, 0.2) is 5.82 Å². The van der Waals surface area contributed by atoms with Crippen LogP contribution in [0.2, 0.25) is 0 Å². The third-order valence-electron chi connectivity index (χ3n) is 2.20. The van der Waals surface area contributed by atoms with E-state index in [0.717, 1.165) is 5.56 Å². The molecule has 2 rings (SSSR count). The van der Waals surface area contributed by atoms with Crippen molar-refractivity contribution in [2.24, 2.45) is 0 Å². The Kier molecular flexibility index (Phi) is 2.69. The standard InChI is InChI=1S/C12H11N3O/c1-8(2)11-14-12(16-15-11)10-5-3-4-9(6-10)7-13/h3-6,8H,1-2H3. The van der Waals surface area contributed by atoms with Crippen LogP contribution < -0.4 is 0 Å². The Labute approximate surface area is 93.5 Å². The van der Waals surface area contributed by atoms with E-state index in [1.807, 2.05) is 19.9 Å². The molecule has 0 amide bonds. The Bertz CT molecular complexity index is 537. The molecule has 0 radical (unpaired) electrons. The number of nitrogens with zero attached hydrogens (tertiary/aromatic N) is 3. The lowest BCUT2D eigenvalue weighted by Gasteiger charge is -1.94. The average molecular weight is 213 g/mol. The molecule has 4 nitrogen and oxygen atoms in total. The van der Waals surface area contributed by atoms with E-state index in [-0.39, 0.29) is 5.92 Å². The summed E-state index contributed by atoms with van der Waals surface area (Å²) < 4.78 is 5.14. The Morgan fingerprint density at radius 2 is 2.19 bits per heavy atom. The summed E-state index contributed by atoms with van der Waals surface area (Å²) in [5.41, 5.74) is 1.36. The van der Waals surface area contributed by atoms with Crippen LogP contribution in [0.25, 0.3) is 11.5 Å². The zero-order valence-electron chi connectivity index (χ0n) is 9.14. The number of rotatable bonds is 2. The Morgan fingerprint density at radius 3 is 2.81 bits per heavy atom. The molecule has 0 aliphatic carbocycles. The molecule has 0 N–H and O–H groups in total. The lowest BCUT2D eigenvalue weighted by Crippen LogP contribution is -1.89. The van der Waals surface area contributed by atoms with E-state index in [1.54, 1.807) is 18.2 Å². The topological polar surface area (TPSA) is 62.7 Å². The molecule has 1 aromatic carbocycles. The summed E-state index contributed by atoms with van der Waals surface area (Å²) in [6.07, 6.45) is 0. The third kappa shape index (κ3) is 1.94. The highest BCUT2D eigenvalue weighted by Gasteiger charge is 2.11. The Morgan fingerprint density at radius 1 is 1.38 bits per heavy atom. The van der Waals surface area contributed by atoms with Gasteiger partial charge in [0.25, 0.3) is 5.89 Å². The second-order valence-corrected chi connectivity index (χ2v) is 3.81. The first-order chi connectivity index (χ1) is 7.70. The number of hydrogen-bond acceptors (Lipinski definition) is 4. The first-order valence-electron chi connectivity index (χ1n) is 5.05.